The average molecular weight is 255 g/mol. The third-order valence-corrected chi connectivity index (χ3v) is 4.26. The topological polar surface area (TPSA) is 61.0 Å². The van der Waals surface area contributed by atoms with Crippen molar-refractivity contribution in [3.05, 3.63) is 21.9 Å². The molecule has 0 aliphatic heterocycles. The van der Waals surface area contributed by atoms with Gasteiger partial charge in [0.1, 0.15) is 0 Å². The molecule has 0 N–H and O–H groups in total. The van der Waals surface area contributed by atoms with Gasteiger partial charge in [0, 0.05) is 5.41 Å². The second kappa shape index (κ2) is 4.68. The molecule has 94 valence electrons. The fourth-order valence-electron chi connectivity index (χ4n) is 2.61. The maximum absolute atomic E-state index is 10.7. The van der Waals surface area contributed by atoms with Gasteiger partial charge in [-0.3, -0.25) is 0 Å². The van der Waals surface area contributed by atoms with E-state index in [2.05, 4.69) is 17.7 Å². The minimum atomic E-state index is -0.423. The normalized spacial score (nSPS) is 18.5. The summed E-state index contributed by atoms with van der Waals surface area (Å²) in [4.78, 5) is 10.3. The summed E-state index contributed by atoms with van der Waals surface area (Å²) in [5.74, 6) is 0.789. The first-order valence-corrected chi connectivity index (χ1v) is 6.49. The van der Waals surface area contributed by atoms with Gasteiger partial charge in [-0.1, -0.05) is 12.8 Å². The molecule has 1 aromatic heterocycles. The predicted octanol–water partition coefficient (Wildman–Crippen LogP) is 2.59. The molecule has 0 saturated heterocycles. The second-order valence-electron chi connectivity index (χ2n) is 4.96. The van der Waals surface area contributed by atoms with E-state index in [-0.39, 0.29) is 11.2 Å². The quantitative estimate of drug-likeness (QED) is 0.511. The summed E-state index contributed by atoms with van der Waals surface area (Å²) < 4.78 is 1.72. The first kappa shape index (κ1) is 12.4. The van der Waals surface area contributed by atoms with Crippen molar-refractivity contribution in [3.8, 4) is 0 Å². The number of thiol groups is 1. The molecule has 0 amide bonds. The maximum atomic E-state index is 10.7. The van der Waals surface area contributed by atoms with Crippen molar-refractivity contribution in [1.29, 1.82) is 0 Å². The van der Waals surface area contributed by atoms with E-state index in [0.29, 0.717) is 5.56 Å². The highest BCUT2D eigenvalue weighted by atomic mass is 32.1. The Balaban J connectivity index is 2.18. The lowest BCUT2D eigenvalue weighted by Gasteiger charge is -2.25. The number of aromatic nitrogens is 2. The summed E-state index contributed by atoms with van der Waals surface area (Å²) in [5.41, 5.74) is 0.803. The molecule has 1 aliphatic rings. The van der Waals surface area contributed by atoms with Gasteiger partial charge in [0.2, 0.25) is 0 Å². The van der Waals surface area contributed by atoms with Crippen LogP contribution in [0, 0.1) is 22.5 Å². The van der Waals surface area contributed by atoms with Crippen LogP contribution in [-0.4, -0.2) is 20.5 Å². The fraction of sp³-hybridized carbons (Fsp3) is 0.727. The Bertz CT molecular complexity index is 424. The molecule has 1 saturated carbocycles. The molecule has 1 aliphatic carbocycles. The number of hydrogen-bond acceptors (Lipinski definition) is 4. The van der Waals surface area contributed by atoms with Crippen LogP contribution >= 0.6 is 12.6 Å². The highest BCUT2D eigenvalue weighted by Crippen LogP contribution is 2.40. The molecular formula is C11H17N3O2S. The Labute approximate surface area is 106 Å². The second-order valence-corrected chi connectivity index (χ2v) is 5.27. The Kier molecular flexibility index (Phi) is 3.42. The van der Waals surface area contributed by atoms with Crippen LogP contribution in [0.25, 0.3) is 0 Å². The summed E-state index contributed by atoms with van der Waals surface area (Å²) in [6.45, 7) is 2.47. The molecule has 5 nitrogen and oxygen atoms in total. The van der Waals surface area contributed by atoms with E-state index in [4.69, 9.17) is 0 Å². The summed E-state index contributed by atoms with van der Waals surface area (Å²) >= 11 is 4.43. The van der Waals surface area contributed by atoms with E-state index in [0.717, 1.165) is 25.1 Å². The lowest BCUT2D eigenvalue weighted by molar-refractivity contribution is -0.390. The molecular weight excluding hydrogens is 238 g/mol. The van der Waals surface area contributed by atoms with Crippen LogP contribution < -0.4 is 0 Å². The van der Waals surface area contributed by atoms with E-state index in [9.17, 15) is 10.1 Å². The first-order valence-electron chi connectivity index (χ1n) is 5.86. The van der Waals surface area contributed by atoms with Crippen LogP contribution in [0.2, 0.25) is 0 Å². The van der Waals surface area contributed by atoms with E-state index < -0.39 is 4.92 Å². The highest BCUT2D eigenvalue weighted by Gasteiger charge is 2.34. The summed E-state index contributed by atoms with van der Waals surface area (Å²) in [6, 6.07) is 0. The van der Waals surface area contributed by atoms with Gasteiger partial charge < -0.3 is 10.1 Å². The van der Waals surface area contributed by atoms with Crippen molar-refractivity contribution in [2.24, 2.45) is 5.41 Å². The summed E-state index contributed by atoms with van der Waals surface area (Å²) in [5, 5.41) is 14.8. The van der Waals surface area contributed by atoms with Gasteiger partial charge in [0.15, 0.2) is 0 Å². The highest BCUT2D eigenvalue weighted by molar-refractivity contribution is 7.80. The smallest absolute Gasteiger partial charge is 0.358 e. The average Bonchev–Trinajstić information content (AvgIpc) is 2.87. The van der Waals surface area contributed by atoms with E-state index >= 15 is 0 Å². The molecule has 0 aromatic carbocycles. The summed E-state index contributed by atoms with van der Waals surface area (Å²) in [7, 11) is 0. The van der Waals surface area contributed by atoms with Gasteiger partial charge in [-0.25, -0.2) is 0 Å². The first-order chi connectivity index (χ1) is 8.06. The Hall–Kier alpha value is -1.04. The third-order valence-electron chi connectivity index (χ3n) is 3.59. The third kappa shape index (κ3) is 2.46. The zero-order chi connectivity index (χ0) is 12.5. The monoisotopic (exact) mass is 255 g/mol. The fourth-order valence-corrected chi connectivity index (χ4v) is 3.02. The predicted molar refractivity (Wildman–Crippen MR) is 68.4 cm³/mol. The van der Waals surface area contributed by atoms with Gasteiger partial charge >= 0.3 is 5.82 Å². The Morgan fingerprint density at radius 2 is 2.24 bits per heavy atom. The molecule has 0 radical (unpaired) electrons. The van der Waals surface area contributed by atoms with Crippen LogP contribution in [0.15, 0.2) is 6.20 Å². The maximum Gasteiger partial charge on any atom is 0.392 e. The zero-order valence-corrected chi connectivity index (χ0v) is 10.8. The molecule has 17 heavy (non-hydrogen) atoms. The SMILES string of the molecule is Cc1cn(CC2(CS)CCCC2)nc1[N+](=O)[O-]. The van der Waals surface area contributed by atoms with E-state index in [1.54, 1.807) is 17.8 Å². The van der Waals surface area contributed by atoms with Gasteiger partial charge in [-0.15, -0.1) is 0 Å². The van der Waals surface area contributed by atoms with Crippen molar-refractivity contribution < 1.29 is 4.92 Å². The molecule has 1 fully saturated rings. The molecule has 0 spiro atoms. The molecule has 1 aromatic rings. The minimum absolute atomic E-state index is 0.0303. The van der Waals surface area contributed by atoms with E-state index in [1.807, 2.05) is 0 Å². The van der Waals surface area contributed by atoms with Gasteiger partial charge in [0.25, 0.3) is 0 Å². The van der Waals surface area contributed by atoms with E-state index in [1.165, 1.54) is 12.8 Å². The van der Waals surface area contributed by atoms with Crippen molar-refractivity contribution in [3.63, 3.8) is 0 Å². The largest absolute Gasteiger partial charge is 0.392 e. The number of hydrogen-bond donors (Lipinski definition) is 1. The molecule has 0 atom stereocenters. The summed E-state index contributed by atoms with van der Waals surface area (Å²) in [6.07, 6.45) is 6.50. The van der Waals surface area contributed by atoms with Gasteiger partial charge in [-0.2, -0.15) is 17.3 Å². The molecule has 6 heteroatoms. The van der Waals surface area contributed by atoms with Crippen LogP contribution in [0.1, 0.15) is 31.2 Å². The lowest BCUT2D eigenvalue weighted by atomic mass is 9.88. The van der Waals surface area contributed by atoms with Gasteiger partial charge in [0.05, 0.1) is 23.4 Å². The molecule has 2 rings (SSSR count). The molecule has 0 unspecified atom stereocenters. The van der Waals surface area contributed by atoms with Crippen LogP contribution in [0.4, 0.5) is 5.82 Å². The number of nitro groups is 1. The van der Waals surface area contributed by atoms with Crippen molar-refractivity contribution in [1.82, 2.24) is 9.78 Å². The van der Waals surface area contributed by atoms with Crippen LogP contribution in [-0.2, 0) is 6.54 Å². The van der Waals surface area contributed by atoms with Crippen molar-refractivity contribution in [2.45, 2.75) is 39.2 Å². The lowest BCUT2D eigenvalue weighted by Crippen LogP contribution is -2.25. The number of aryl methyl sites for hydroxylation is 1. The Morgan fingerprint density at radius 1 is 1.59 bits per heavy atom. The number of nitrogens with zero attached hydrogens (tertiary/aromatic N) is 3. The molecule has 1 heterocycles. The van der Waals surface area contributed by atoms with Crippen molar-refractivity contribution >= 4 is 18.4 Å². The van der Waals surface area contributed by atoms with Crippen LogP contribution in [0.5, 0.6) is 0 Å². The zero-order valence-electron chi connectivity index (χ0n) is 9.93. The Morgan fingerprint density at radius 3 is 2.71 bits per heavy atom. The standard InChI is InChI=1S/C11H17N3O2S/c1-9-6-13(12-10(9)14(15)16)7-11(8-17)4-2-3-5-11/h6,17H,2-5,7-8H2,1H3. The minimum Gasteiger partial charge on any atom is -0.358 e. The molecule has 0 bridgehead atoms. The van der Waals surface area contributed by atoms with Crippen LogP contribution in [0.3, 0.4) is 0 Å². The van der Waals surface area contributed by atoms with Gasteiger partial charge in [-0.05, 0) is 30.4 Å². The van der Waals surface area contributed by atoms with Crippen molar-refractivity contribution in [2.75, 3.05) is 5.75 Å². The number of rotatable bonds is 4.